The molecule has 62 heavy (non-hydrogen) atoms. The Labute approximate surface area is 329 Å². The number of hydrogen-bond acceptors (Lipinski definition) is 7. The molecular weight excluding hydrogens is 884 g/mol. The average molecular weight is 885 g/mol. The van der Waals surface area contributed by atoms with Crippen LogP contribution in [0.1, 0.15) is 61.2 Å². The van der Waals surface area contributed by atoms with E-state index in [0.29, 0.717) is 0 Å². The van der Waals surface area contributed by atoms with Crippen LogP contribution in [0.4, 0.5) is 79.0 Å². The minimum atomic E-state index is -6.48. The fourth-order valence-corrected chi connectivity index (χ4v) is 6.75. The van der Waals surface area contributed by atoms with Gasteiger partial charge in [-0.05, 0) is 11.6 Å². The lowest BCUT2D eigenvalue weighted by Crippen LogP contribution is -2.22. The summed E-state index contributed by atoms with van der Waals surface area (Å²) in [5.74, 6) is -20.3. The molecule has 0 unspecified atom stereocenters. The number of nitrogens with zero attached hydrogens (tertiary/aromatic N) is 7. The molecule has 0 aliphatic heterocycles. The highest BCUT2D eigenvalue weighted by Crippen LogP contribution is 2.59. The smallest absolute Gasteiger partial charge is 0.205 e. The first-order valence-electron chi connectivity index (χ1n) is 15.3. The van der Waals surface area contributed by atoms with Gasteiger partial charge in [0.1, 0.15) is 99.2 Å². The summed E-state index contributed by atoms with van der Waals surface area (Å²) in [5, 5.41) is 70.1. The topological polar surface area (TPSA) is 167 Å². The second kappa shape index (κ2) is 14.5. The van der Waals surface area contributed by atoms with Crippen LogP contribution in [0.15, 0.2) is 17.2 Å². The van der Waals surface area contributed by atoms with Crippen LogP contribution in [0.5, 0.6) is 0 Å². The van der Waals surface area contributed by atoms with E-state index in [2.05, 4.69) is 0 Å². The maximum Gasteiger partial charge on any atom is 0.422 e. The van der Waals surface area contributed by atoms with E-state index >= 15 is 17.6 Å². The Balaban J connectivity index is 2.16. The molecule has 5 rings (SSSR count). The number of nitriles is 7. The molecule has 0 aromatic heterocycles. The van der Waals surface area contributed by atoms with Crippen molar-refractivity contribution in [2.45, 2.75) is 24.7 Å². The van der Waals surface area contributed by atoms with E-state index in [9.17, 15) is 98.3 Å². The molecule has 7 nitrogen and oxygen atoms in total. The van der Waals surface area contributed by atoms with Crippen molar-refractivity contribution in [1.29, 1.82) is 36.8 Å². The number of fused-ring (bicyclic) bond motifs is 2. The first-order valence-corrected chi connectivity index (χ1v) is 15.3. The lowest BCUT2D eigenvalue weighted by atomic mass is 9.85. The molecule has 0 bridgehead atoms. The van der Waals surface area contributed by atoms with Crippen LogP contribution in [-0.2, 0) is 24.7 Å². The molecule has 2 aliphatic rings. The summed E-state index contributed by atoms with van der Waals surface area (Å²) in [6.45, 7) is 0. The SMILES string of the molecule is N#CC(C#N)=C1C(c2c(F)c(C(F)(F)F)c(F)c(C(F)(F)F)c2F)=C(C#N)c2c1cc1c(c2C#N)C(=C(C#N)C#N)C(c2c(F)c(C(F)(F)F)c(F)c(C(F)(F)F)c2F)=C1C#N. The fourth-order valence-electron chi connectivity index (χ4n) is 6.75. The van der Waals surface area contributed by atoms with Gasteiger partial charge in [0.2, 0.25) is 0 Å². The van der Waals surface area contributed by atoms with E-state index in [4.69, 9.17) is 0 Å². The zero-order valence-electron chi connectivity index (χ0n) is 28.5. The summed E-state index contributed by atoms with van der Waals surface area (Å²) < 4.78 is 261. The Morgan fingerprint density at radius 3 is 0.984 bits per heavy atom. The summed E-state index contributed by atoms with van der Waals surface area (Å²) in [4.78, 5) is 0. The van der Waals surface area contributed by atoms with E-state index in [1.54, 1.807) is 0 Å². The molecule has 0 saturated heterocycles. The lowest BCUT2D eigenvalue weighted by Gasteiger charge is -2.20. The van der Waals surface area contributed by atoms with Crippen LogP contribution in [0.2, 0.25) is 0 Å². The minimum absolute atomic E-state index is 0.168. The molecule has 0 spiro atoms. The quantitative estimate of drug-likeness (QED) is 0.182. The molecule has 0 radical (unpaired) electrons. The Kier molecular flexibility index (Phi) is 10.5. The molecule has 0 amide bonds. The second-order valence-corrected chi connectivity index (χ2v) is 12.0. The van der Waals surface area contributed by atoms with Gasteiger partial charge in [-0.1, -0.05) is 0 Å². The first-order chi connectivity index (χ1) is 28.6. The molecule has 3 aromatic rings. The largest absolute Gasteiger partial charge is 0.422 e. The van der Waals surface area contributed by atoms with Crippen molar-refractivity contribution >= 4 is 33.4 Å². The molecule has 0 saturated carbocycles. The number of benzene rings is 3. The van der Waals surface area contributed by atoms with Gasteiger partial charge in [0.15, 0.2) is 11.6 Å². The Bertz CT molecular complexity index is 2970. The molecular formula is C37HF18N7. The van der Waals surface area contributed by atoms with Gasteiger partial charge in [-0.15, -0.1) is 0 Å². The van der Waals surface area contributed by atoms with E-state index in [1.807, 2.05) is 0 Å². The summed E-state index contributed by atoms with van der Waals surface area (Å²) >= 11 is 0. The van der Waals surface area contributed by atoms with E-state index in [1.165, 1.54) is 0 Å². The second-order valence-electron chi connectivity index (χ2n) is 12.0. The minimum Gasteiger partial charge on any atom is -0.205 e. The predicted octanol–water partition coefficient (Wildman–Crippen LogP) is 11.0. The zero-order valence-corrected chi connectivity index (χ0v) is 28.5. The van der Waals surface area contributed by atoms with E-state index in [-0.39, 0.29) is 6.07 Å². The van der Waals surface area contributed by atoms with Gasteiger partial charge in [0.25, 0.3) is 0 Å². The standard InChI is InChI=1S/C37HF18N7/c38-28-22(29(39)25(35(47,48)49)32(42)24(28)34(44,45)46)20-13(6-60)11-1-12-16(9(2-56)3-57)21(15(8-62)18(12)14(7-61)19(11)17(20)10(4-58)5-59)23-30(40)26(36(50,51)52)33(43)27(31(23)41)37(53,54)55/h1H. The fraction of sp³-hybridized carbons (Fsp3) is 0.108. The number of allylic oxidation sites excluding steroid dienone is 8. The average Bonchev–Trinajstić information content (AvgIpc) is 3.61. The van der Waals surface area contributed by atoms with Crippen molar-refractivity contribution in [3.63, 3.8) is 0 Å². The molecule has 0 fully saturated rings. The van der Waals surface area contributed by atoms with Gasteiger partial charge in [-0.25, -0.2) is 26.3 Å². The van der Waals surface area contributed by atoms with Crippen LogP contribution in [0.3, 0.4) is 0 Å². The third-order valence-electron chi connectivity index (χ3n) is 8.92. The Morgan fingerprint density at radius 1 is 0.371 bits per heavy atom. The Hall–Kier alpha value is -8.21. The van der Waals surface area contributed by atoms with Crippen LogP contribution >= 0.6 is 0 Å². The highest BCUT2D eigenvalue weighted by molar-refractivity contribution is 6.31. The maximum atomic E-state index is 15.9. The molecule has 2 aliphatic carbocycles. The molecule has 0 N–H and O–H groups in total. The van der Waals surface area contributed by atoms with Crippen molar-refractivity contribution in [3.8, 4) is 42.5 Å². The van der Waals surface area contributed by atoms with Crippen molar-refractivity contribution in [2.24, 2.45) is 0 Å². The highest BCUT2D eigenvalue weighted by atomic mass is 19.4. The maximum absolute atomic E-state index is 15.9. The van der Waals surface area contributed by atoms with Crippen molar-refractivity contribution < 1.29 is 79.0 Å². The number of halogens is 18. The van der Waals surface area contributed by atoms with Crippen molar-refractivity contribution in [3.05, 3.63) is 113 Å². The monoisotopic (exact) mass is 885 g/mol. The van der Waals surface area contributed by atoms with Gasteiger partial charge in [0, 0.05) is 39.0 Å². The summed E-state index contributed by atoms with van der Waals surface area (Å²) in [6.07, 6.45) is -25.9. The van der Waals surface area contributed by atoms with Crippen molar-refractivity contribution in [1.82, 2.24) is 0 Å². The van der Waals surface area contributed by atoms with Crippen molar-refractivity contribution in [2.75, 3.05) is 0 Å². The number of rotatable bonds is 2. The predicted molar refractivity (Wildman–Crippen MR) is 165 cm³/mol. The highest BCUT2D eigenvalue weighted by Gasteiger charge is 2.53. The van der Waals surface area contributed by atoms with Crippen LogP contribution in [0.25, 0.3) is 33.4 Å². The molecule has 310 valence electrons. The van der Waals surface area contributed by atoms with Gasteiger partial charge in [0.05, 0.1) is 27.8 Å². The summed E-state index contributed by atoms with van der Waals surface area (Å²) in [7, 11) is 0. The van der Waals surface area contributed by atoms with Crippen LogP contribution in [0, 0.1) is 114 Å². The summed E-state index contributed by atoms with van der Waals surface area (Å²) in [5.41, 5.74) is -40.1. The molecule has 3 aromatic carbocycles. The van der Waals surface area contributed by atoms with Gasteiger partial charge in [-0.3, -0.25) is 0 Å². The van der Waals surface area contributed by atoms with E-state index in [0.717, 1.165) is 42.5 Å². The third kappa shape index (κ3) is 6.29. The molecule has 0 heterocycles. The van der Waals surface area contributed by atoms with Crippen LogP contribution in [-0.4, -0.2) is 0 Å². The molecule has 25 heteroatoms. The normalized spacial score (nSPS) is 13.7. The zero-order chi connectivity index (χ0) is 47.1. The first kappa shape index (κ1) is 44.9. The number of alkyl halides is 12. The Morgan fingerprint density at radius 2 is 0.694 bits per heavy atom. The summed E-state index contributed by atoms with van der Waals surface area (Å²) in [6, 6.07) is 7.34. The van der Waals surface area contributed by atoms with Crippen LogP contribution < -0.4 is 0 Å². The van der Waals surface area contributed by atoms with E-state index < -0.39 is 165 Å². The molecule has 0 atom stereocenters. The lowest BCUT2D eigenvalue weighted by molar-refractivity contribution is -0.152. The van der Waals surface area contributed by atoms with Gasteiger partial charge < -0.3 is 0 Å². The van der Waals surface area contributed by atoms with Gasteiger partial charge in [-0.2, -0.15) is 89.5 Å². The number of hydrogen-bond donors (Lipinski definition) is 0. The van der Waals surface area contributed by atoms with Gasteiger partial charge >= 0.3 is 24.7 Å². The third-order valence-corrected chi connectivity index (χ3v) is 8.92.